The van der Waals surface area contributed by atoms with Crippen molar-refractivity contribution in [3.63, 3.8) is 0 Å². The van der Waals surface area contributed by atoms with E-state index in [1.807, 2.05) is 0 Å². The van der Waals surface area contributed by atoms with Crippen LogP contribution in [0.3, 0.4) is 0 Å². The second-order valence-corrected chi connectivity index (χ2v) is 9.86. The molecule has 1 unspecified atom stereocenters. The van der Waals surface area contributed by atoms with Crippen molar-refractivity contribution < 1.29 is 27.5 Å². The Labute approximate surface area is 186 Å². The Morgan fingerprint density at radius 3 is 2.25 bits per heavy atom. The first-order valence-electron chi connectivity index (χ1n) is 10.4. The second-order valence-electron chi connectivity index (χ2n) is 7.93. The lowest BCUT2D eigenvalue weighted by Crippen LogP contribution is -2.42. The highest BCUT2D eigenvalue weighted by Gasteiger charge is 2.35. The summed E-state index contributed by atoms with van der Waals surface area (Å²) in [7, 11) is -2.43. The first-order valence-corrected chi connectivity index (χ1v) is 11.9. The molecular formula is C23H24N2O6S. The topological polar surface area (TPSA) is 101 Å². The number of nitrogens with zero attached hydrogens (tertiary/aromatic N) is 2. The first kappa shape index (κ1) is 22.2. The fourth-order valence-corrected chi connectivity index (χ4v) is 5.70. The third-order valence-electron chi connectivity index (χ3n) is 5.98. The maximum atomic E-state index is 13.0. The molecule has 0 aromatic heterocycles. The molecule has 1 atom stereocenters. The number of imide groups is 1. The lowest BCUT2D eigenvalue weighted by atomic mass is 10.0. The quantitative estimate of drug-likeness (QED) is 0.487. The van der Waals surface area contributed by atoms with Crippen LogP contribution in [0.25, 0.3) is 0 Å². The number of benzene rings is 2. The van der Waals surface area contributed by atoms with E-state index >= 15 is 0 Å². The average Bonchev–Trinajstić information content (AvgIpc) is 3.07. The van der Waals surface area contributed by atoms with E-state index < -0.39 is 21.9 Å². The lowest BCUT2D eigenvalue weighted by molar-refractivity contribution is -0.146. The molecule has 0 bridgehead atoms. The normalized spacial score (nSPS) is 19.2. The number of fused-ring (bicyclic) bond motifs is 1. The number of hydrogen-bond acceptors (Lipinski definition) is 6. The Balaban J connectivity index is 1.42. The molecule has 8 nitrogen and oxygen atoms in total. The van der Waals surface area contributed by atoms with Gasteiger partial charge >= 0.3 is 5.97 Å². The Kier molecular flexibility index (Phi) is 6.12. The highest BCUT2D eigenvalue weighted by Crippen LogP contribution is 2.26. The van der Waals surface area contributed by atoms with E-state index in [1.54, 1.807) is 36.4 Å². The summed E-state index contributed by atoms with van der Waals surface area (Å²) in [5, 5.41) is 0. The highest BCUT2D eigenvalue weighted by atomic mass is 32.2. The van der Waals surface area contributed by atoms with E-state index in [0.717, 1.165) is 5.56 Å². The fraction of sp³-hybridized carbons (Fsp3) is 0.348. The zero-order chi connectivity index (χ0) is 22.9. The maximum Gasteiger partial charge on any atom is 0.309 e. The molecule has 168 valence electrons. The van der Waals surface area contributed by atoms with Gasteiger partial charge in [-0.3, -0.25) is 19.3 Å². The molecule has 2 aromatic carbocycles. The summed E-state index contributed by atoms with van der Waals surface area (Å²) in [5.74, 6) is -1.47. The number of rotatable bonds is 6. The highest BCUT2D eigenvalue weighted by molar-refractivity contribution is 7.89. The summed E-state index contributed by atoms with van der Waals surface area (Å²) in [4.78, 5) is 38.1. The van der Waals surface area contributed by atoms with Crippen LogP contribution in [0, 0.1) is 5.92 Å². The lowest BCUT2D eigenvalue weighted by Gasteiger charge is -2.30. The van der Waals surface area contributed by atoms with Gasteiger partial charge in [-0.15, -0.1) is 0 Å². The number of carbonyl (C=O) groups excluding carboxylic acids is 3. The molecule has 1 saturated heterocycles. The average molecular weight is 457 g/mol. The van der Waals surface area contributed by atoms with E-state index in [0.29, 0.717) is 36.9 Å². The third kappa shape index (κ3) is 4.05. The molecular weight excluding hydrogens is 432 g/mol. The summed E-state index contributed by atoms with van der Waals surface area (Å²) < 4.78 is 32.1. The summed E-state index contributed by atoms with van der Waals surface area (Å²) in [6, 6.07) is 13.1. The van der Waals surface area contributed by atoms with Gasteiger partial charge in [0.25, 0.3) is 11.8 Å². The zero-order valence-electron chi connectivity index (χ0n) is 17.7. The molecule has 0 aliphatic carbocycles. The molecule has 2 amide bonds. The van der Waals surface area contributed by atoms with Crippen LogP contribution < -0.4 is 0 Å². The Hall–Kier alpha value is -3.04. The Bertz CT molecular complexity index is 1120. The maximum absolute atomic E-state index is 13.0. The molecule has 2 heterocycles. The number of sulfonamides is 1. The minimum Gasteiger partial charge on any atom is -0.469 e. The van der Waals surface area contributed by atoms with Gasteiger partial charge in [0.05, 0.1) is 29.1 Å². The minimum absolute atomic E-state index is 0.108. The van der Waals surface area contributed by atoms with Crippen LogP contribution in [0.2, 0.25) is 0 Å². The smallest absolute Gasteiger partial charge is 0.309 e. The summed E-state index contributed by atoms with van der Waals surface area (Å²) in [6.45, 7) is 0.680. The van der Waals surface area contributed by atoms with Crippen LogP contribution in [-0.4, -0.2) is 62.2 Å². The number of methoxy groups -OCH3 is 1. The van der Waals surface area contributed by atoms with Gasteiger partial charge in [-0.1, -0.05) is 24.3 Å². The van der Waals surface area contributed by atoms with Crippen molar-refractivity contribution in [2.45, 2.75) is 24.2 Å². The van der Waals surface area contributed by atoms with Crippen molar-refractivity contribution in [3.05, 3.63) is 65.2 Å². The Morgan fingerprint density at radius 2 is 1.66 bits per heavy atom. The summed E-state index contributed by atoms with van der Waals surface area (Å²) in [6.07, 6.45) is 1.62. The van der Waals surface area contributed by atoms with Gasteiger partial charge in [-0.25, -0.2) is 8.42 Å². The summed E-state index contributed by atoms with van der Waals surface area (Å²) >= 11 is 0. The van der Waals surface area contributed by atoms with Gasteiger partial charge in [0.15, 0.2) is 0 Å². The fourth-order valence-electron chi connectivity index (χ4n) is 4.18. The number of ether oxygens (including phenoxy) is 1. The molecule has 1 fully saturated rings. The minimum atomic E-state index is -3.73. The SMILES string of the molecule is COC(=O)C1CCCN(S(=O)(=O)c2ccc(CCN3C(=O)c4ccccc4C3=O)cc2)C1. The molecule has 2 aromatic rings. The van der Waals surface area contributed by atoms with Gasteiger partial charge in [-0.05, 0) is 49.1 Å². The van der Waals surface area contributed by atoms with Crippen LogP contribution in [-0.2, 0) is 26.0 Å². The van der Waals surface area contributed by atoms with Gasteiger partial charge in [0.2, 0.25) is 10.0 Å². The molecule has 0 radical (unpaired) electrons. The third-order valence-corrected chi connectivity index (χ3v) is 7.86. The number of piperidine rings is 1. The summed E-state index contributed by atoms with van der Waals surface area (Å²) in [5.41, 5.74) is 1.63. The number of esters is 1. The van der Waals surface area contributed by atoms with Gasteiger partial charge in [0.1, 0.15) is 0 Å². The van der Waals surface area contributed by atoms with E-state index in [4.69, 9.17) is 4.74 Å². The van der Waals surface area contributed by atoms with Crippen molar-refractivity contribution in [3.8, 4) is 0 Å². The van der Waals surface area contributed by atoms with E-state index in [1.165, 1.54) is 28.4 Å². The van der Waals surface area contributed by atoms with Gasteiger partial charge in [0, 0.05) is 19.6 Å². The van der Waals surface area contributed by atoms with Gasteiger partial charge in [-0.2, -0.15) is 4.31 Å². The first-order chi connectivity index (χ1) is 15.3. The standard InChI is InChI=1S/C23H24N2O6S/c1-31-23(28)17-5-4-13-24(15-17)32(29,30)18-10-8-16(9-11-18)12-14-25-21(26)19-6-2-3-7-20(19)22(25)27/h2-3,6-11,17H,4-5,12-15H2,1H3. The molecule has 32 heavy (non-hydrogen) atoms. The van der Waals surface area contributed by atoms with Crippen molar-refractivity contribution in [2.24, 2.45) is 5.92 Å². The van der Waals surface area contributed by atoms with Crippen molar-refractivity contribution in [1.82, 2.24) is 9.21 Å². The molecule has 0 spiro atoms. The monoisotopic (exact) mass is 456 g/mol. The van der Waals surface area contributed by atoms with Gasteiger partial charge < -0.3 is 4.74 Å². The number of hydrogen-bond donors (Lipinski definition) is 0. The molecule has 2 aliphatic rings. The van der Waals surface area contributed by atoms with Crippen LogP contribution in [0.4, 0.5) is 0 Å². The number of carbonyl (C=O) groups is 3. The predicted octanol–water partition coefficient (Wildman–Crippen LogP) is 2.10. The van der Waals surface area contributed by atoms with Crippen LogP contribution in [0.15, 0.2) is 53.4 Å². The van der Waals surface area contributed by atoms with E-state index in [-0.39, 0.29) is 29.8 Å². The molecule has 0 N–H and O–H groups in total. The number of amides is 2. The van der Waals surface area contributed by atoms with E-state index in [9.17, 15) is 22.8 Å². The van der Waals surface area contributed by atoms with Crippen LogP contribution in [0.1, 0.15) is 39.1 Å². The van der Waals surface area contributed by atoms with Crippen LogP contribution >= 0.6 is 0 Å². The van der Waals surface area contributed by atoms with Crippen molar-refractivity contribution >= 4 is 27.8 Å². The predicted molar refractivity (Wildman–Crippen MR) is 115 cm³/mol. The molecule has 4 rings (SSSR count). The molecule has 0 saturated carbocycles. The Morgan fingerprint density at radius 1 is 1.03 bits per heavy atom. The van der Waals surface area contributed by atoms with E-state index in [2.05, 4.69) is 0 Å². The van der Waals surface area contributed by atoms with Crippen molar-refractivity contribution in [1.29, 1.82) is 0 Å². The van der Waals surface area contributed by atoms with Crippen LogP contribution in [0.5, 0.6) is 0 Å². The second kappa shape index (κ2) is 8.84. The molecule has 9 heteroatoms. The zero-order valence-corrected chi connectivity index (χ0v) is 18.5. The largest absolute Gasteiger partial charge is 0.469 e. The molecule has 2 aliphatic heterocycles. The van der Waals surface area contributed by atoms with Crippen molar-refractivity contribution in [2.75, 3.05) is 26.7 Å².